The van der Waals surface area contributed by atoms with Crippen LogP contribution in [0.15, 0.2) is 0 Å². The third kappa shape index (κ3) is 6.00. The molecule has 0 spiro atoms. The molecule has 0 amide bonds. The van der Waals surface area contributed by atoms with Gasteiger partial charge in [-0.25, -0.2) is 0 Å². The number of hydrogen-bond acceptors (Lipinski definition) is 6. The Morgan fingerprint density at radius 3 is 0.529 bits per heavy atom. The van der Waals surface area contributed by atoms with Crippen molar-refractivity contribution >= 4 is 0 Å². The standard InChI is InChI=1S/6CN.Fe.4Rb/c6*1-2;;;;;/q;;;;;;-4;4*+1. The number of hydrogen-bond donors (Lipinski definition) is 0. The molecule has 0 saturated carbocycles. The molecular weight excluding hydrogens is 554 g/mol. The molecule has 17 heavy (non-hydrogen) atoms. The summed E-state index contributed by atoms with van der Waals surface area (Å²) in [5, 5.41) is 51.5. The third-order valence-corrected chi connectivity index (χ3v) is 4.89. The second kappa shape index (κ2) is 12.1. The van der Waals surface area contributed by atoms with Crippen LogP contribution in [0, 0.1) is 61.4 Å². The Morgan fingerprint density at radius 1 is 0.412 bits per heavy atom. The molecule has 0 aliphatic rings. The molecule has 0 fully saturated rings. The van der Waals surface area contributed by atoms with E-state index in [1.807, 2.05) is 0 Å². The van der Waals surface area contributed by atoms with Gasteiger partial charge in [-0.3, -0.25) is 0 Å². The smallest absolute Gasteiger partial charge is 1.00 e. The van der Waals surface area contributed by atoms with E-state index in [1.54, 1.807) is 0 Å². The Bertz CT molecular complexity index is 400. The van der Waals surface area contributed by atoms with Gasteiger partial charge in [-0.15, -0.1) is 0 Å². The van der Waals surface area contributed by atoms with Crippen LogP contribution in [0.1, 0.15) is 0 Å². The van der Waals surface area contributed by atoms with E-state index in [1.165, 1.54) is 0 Å². The normalized spacial score (nSPS) is 10.2. The van der Waals surface area contributed by atoms with E-state index < -0.39 is 10.7 Å². The fraction of sp³-hybridized carbons (Fsp3) is 0. The van der Waals surface area contributed by atoms with E-state index in [-0.39, 0.29) is 233 Å². The second-order valence-corrected chi connectivity index (χ2v) is 7.42. The summed E-state index contributed by atoms with van der Waals surface area (Å²) < 4.78 is 0. The zero-order chi connectivity index (χ0) is 10.7. The molecule has 0 aromatic heterocycles. The van der Waals surface area contributed by atoms with Crippen molar-refractivity contribution in [1.82, 2.24) is 0 Å². The van der Waals surface area contributed by atoms with Gasteiger partial charge in [0.05, 0.1) is 0 Å². The first-order valence-corrected chi connectivity index (χ1v) is 5.71. The number of nitriles is 6. The van der Waals surface area contributed by atoms with Crippen LogP contribution in [0.3, 0.4) is 0 Å². The first-order chi connectivity index (χ1) is 5.97. The van der Waals surface area contributed by atoms with E-state index in [9.17, 15) is 0 Å². The maximum Gasteiger partial charge on any atom is 1.00 e. The zero-order valence-corrected chi connectivity index (χ0v) is 30.8. The summed E-state index contributed by atoms with van der Waals surface area (Å²) in [5.74, 6) is 0. The molecule has 0 bridgehead atoms. The molecule has 0 rings (SSSR count). The van der Waals surface area contributed by atoms with Crippen molar-refractivity contribution in [3.8, 4) is 29.8 Å². The average Bonchev–Trinajstić information content (AvgIpc) is 2.26. The third-order valence-electron chi connectivity index (χ3n) is 1.19. The van der Waals surface area contributed by atoms with Crippen LogP contribution in [-0.4, -0.2) is 0 Å². The summed E-state index contributed by atoms with van der Waals surface area (Å²) >= 11 is 0. The van der Waals surface area contributed by atoms with Crippen LogP contribution in [-0.2, 0) is 10.7 Å². The second-order valence-electron chi connectivity index (χ2n) is 1.80. The van der Waals surface area contributed by atoms with Crippen molar-refractivity contribution < 1.29 is 243 Å². The Kier molecular flexibility index (Phi) is 23.8. The van der Waals surface area contributed by atoms with Gasteiger partial charge in [0.2, 0.25) is 0 Å². The molecule has 66 valence electrons. The van der Waals surface area contributed by atoms with E-state index >= 15 is 0 Å². The Morgan fingerprint density at radius 2 is 0.529 bits per heavy atom. The molecule has 0 aromatic carbocycles. The van der Waals surface area contributed by atoms with Crippen molar-refractivity contribution in [2.75, 3.05) is 0 Å². The van der Waals surface area contributed by atoms with Gasteiger partial charge in [-0.1, -0.05) is 0 Å². The average molecular weight is 554 g/mol. The quantitative estimate of drug-likeness (QED) is 0.273. The van der Waals surface area contributed by atoms with Crippen LogP contribution in [0.4, 0.5) is 0 Å². The van der Waals surface area contributed by atoms with Crippen LogP contribution >= 0.6 is 0 Å². The predicted octanol–water partition coefficient (Wildman–Crippen LogP) is -11.9. The van der Waals surface area contributed by atoms with Gasteiger partial charge in [0, 0.05) is 0 Å². The Balaban J connectivity index is -0.000000120. The Hall–Kier alpha value is 4.68. The van der Waals surface area contributed by atoms with Crippen molar-refractivity contribution in [3.05, 3.63) is 0 Å². The summed E-state index contributed by atoms with van der Waals surface area (Å²) in [5.41, 5.74) is 0. The predicted molar refractivity (Wildman–Crippen MR) is 33.7 cm³/mol. The summed E-state index contributed by atoms with van der Waals surface area (Å²) in [6.45, 7) is 0. The Labute approximate surface area is 294 Å². The molecule has 0 aromatic rings. The van der Waals surface area contributed by atoms with Gasteiger partial charge in [0.25, 0.3) is 0 Å². The molecule has 11 heteroatoms. The molecule has 0 N–H and O–H groups in total. The SMILES string of the molecule is N#[C][Fe-4]([C]#N)([C]#N)([C]#N)([C]#N)[C]#N.[Rb+].[Rb+].[Rb+].[Rb+]. The molecule has 0 aliphatic carbocycles. The van der Waals surface area contributed by atoms with Gasteiger partial charge in [0.1, 0.15) is 0 Å². The first-order valence-electron chi connectivity index (χ1n) is 2.40. The monoisotopic (exact) mass is 552 g/mol. The van der Waals surface area contributed by atoms with Crippen molar-refractivity contribution in [1.29, 1.82) is 31.6 Å². The number of rotatable bonds is 0. The van der Waals surface area contributed by atoms with E-state index in [2.05, 4.69) is 0 Å². The van der Waals surface area contributed by atoms with Crippen molar-refractivity contribution in [2.45, 2.75) is 0 Å². The molecule has 0 unspecified atom stereocenters. The minimum Gasteiger partial charge on any atom is 1.00 e. The summed E-state index contributed by atoms with van der Waals surface area (Å²) in [6, 6.07) is 0. The van der Waals surface area contributed by atoms with Gasteiger partial charge >= 0.3 is 305 Å². The molecule has 0 radical (unpaired) electrons. The summed E-state index contributed by atoms with van der Waals surface area (Å²) in [6.07, 6.45) is 0. The molecule has 0 atom stereocenters. The maximum atomic E-state index is 8.58. The maximum absolute atomic E-state index is 8.58. The first kappa shape index (κ1) is 33.3. The van der Waals surface area contributed by atoms with E-state index in [0.29, 0.717) is 0 Å². The van der Waals surface area contributed by atoms with Crippen LogP contribution in [0.25, 0.3) is 0 Å². The zero-order valence-electron chi connectivity index (χ0n) is 10.0. The number of nitrogens with zero attached hydrogens (tertiary/aromatic N) is 6. The van der Waals surface area contributed by atoms with Gasteiger partial charge in [-0.2, -0.15) is 0 Å². The molecule has 0 saturated heterocycles. The summed E-state index contributed by atoms with van der Waals surface area (Å²) in [7, 11) is -6.17. The van der Waals surface area contributed by atoms with Crippen LogP contribution < -0.4 is 233 Å². The fourth-order valence-corrected chi connectivity index (χ4v) is 1.09. The van der Waals surface area contributed by atoms with Gasteiger partial charge in [-0.05, 0) is 0 Å². The minimum absolute atomic E-state index is 0. The fourth-order valence-electron chi connectivity index (χ4n) is 0.265. The van der Waals surface area contributed by atoms with Gasteiger partial charge in [0.15, 0.2) is 0 Å². The largest absolute Gasteiger partial charge is 1.00 e. The van der Waals surface area contributed by atoms with E-state index in [4.69, 9.17) is 31.6 Å². The van der Waals surface area contributed by atoms with Gasteiger partial charge < -0.3 is 0 Å². The molecule has 0 heterocycles. The molecule has 0 aliphatic heterocycles. The minimum atomic E-state index is -6.17. The molecule has 6 nitrogen and oxygen atoms in total. The topological polar surface area (TPSA) is 143 Å². The van der Waals surface area contributed by atoms with Crippen LogP contribution in [0.2, 0.25) is 0 Å². The summed E-state index contributed by atoms with van der Waals surface area (Å²) in [4.78, 5) is 6.19. The van der Waals surface area contributed by atoms with Crippen molar-refractivity contribution in [2.24, 2.45) is 0 Å². The van der Waals surface area contributed by atoms with Crippen LogP contribution in [0.5, 0.6) is 0 Å². The molecular formula is C6FeN6Rb4. The van der Waals surface area contributed by atoms with Crippen molar-refractivity contribution in [3.63, 3.8) is 0 Å². The van der Waals surface area contributed by atoms with E-state index in [0.717, 1.165) is 29.8 Å².